The topological polar surface area (TPSA) is 68.6 Å². The summed E-state index contributed by atoms with van der Waals surface area (Å²) in [4.78, 5) is 13.6. The van der Waals surface area contributed by atoms with Crippen LogP contribution in [0.25, 0.3) is 0 Å². The number of para-hydroxylation sites is 1. The van der Waals surface area contributed by atoms with E-state index in [1.165, 1.54) is 11.0 Å². The van der Waals surface area contributed by atoms with Crippen LogP contribution in [0, 0.1) is 5.82 Å². The number of halogens is 1. The van der Waals surface area contributed by atoms with Crippen molar-refractivity contribution in [2.45, 2.75) is 13.1 Å². The lowest BCUT2D eigenvalue weighted by Crippen LogP contribution is -2.35. The molecule has 7 nitrogen and oxygen atoms in total. The second-order valence-corrected chi connectivity index (χ2v) is 5.74. The Morgan fingerprint density at radius 3 is 3.04 bits per heavy atom. The van der Waals surface area contributed by atoms with Gasteiger partial charge in [0.25, 0.3) is 5.91 Å². The fraction of sp³-hybridized carbons (Fsp3) is 0.412. The second kappa shape index (κ2) is 7.98. The van der Waals surface area contributed by atoms with Crippen molar-refractivity contribution in [2.75, 3.05) is 33.4 Å². The van der Waals surface area contributed by atoms with Crippen molar-refractivity contribution in [2.24, 2.45) is 0 Å². The van der Waals surface area contributed by atoms with Crippen molar-refractivity contribution in [3.8, 4) is 11.5 Å². The van der Waals surface area contributed by atoms with E-state index in [0.29, 0.717) is 18.8 Å². The van der Waals surface area contributed by atoms with Gasteiger partial charge < -0.3 is 19.7 Å². The molecule has 0 fully saturated rings. The maximum absolute atomic E-state index is 13.4. The molecule has 0 bridgehead atoms. The number of ether oxygens (including phenoxy) is 2. The number of carbonyl (C=O) groups excluding carboxylic acids is 1. The molecule has 134 valence electrons. The van der Waals surface area contributed by atoms with E-state index in [1.807, 2.05) is 4.68 Å². The fourth-order valence-corrected chi connectivity index (χ4v) is 2.51. The molecule has 0 unspecified atom stereocenters. The highest BCUT2D eigenvalue weighted by molar-refractivity contribution is 5.77. The lowest BCUT2D eigenvalue weighted by atomic mass is 10.3. The van der Waals surface area contributed by atoms with Crippen LogP contribution in [0.3, 0.4) is 0 Å². The van der Waals surface area contributed by atoms with Crippen LogP contribution in [-0.2, 0) is 17.9 Å². The Morgan fingerprint density at radius 2 is 2.20 bits per heavy atom. The molecule has 1 aliphatic rings. The molecule has 0 saturated heterocycles. The van der Waals surface area contributed by atoms with Crippen LogP contribution in [0.5, 0.6) is 11.5 Å². The summed E-state index contributed by atoms with van der Waals surface area (Å²) >= 11 is 0. The van der Waals surface area contributed by atoms with Crippen LogP contribution in [0.1, 0.15) is 5.69 Å². The number of likely N-dealkylation sites (N-methyl/N-ethyl adjacent to an activating group) is 1. The van der Waals surface area contributed by atoms with Gasteiger partial charge in [-0.25, -0.2) is 4.39 Å². The van der Waals surface area contributed by atoms with E-state index in [-0.39, 0.29) is 24.9 Å². The molecule has 1 aromatic carbocycles. The molecule has 3 rings (SSSR count). The molecule has 2 heterocycles. The third-order valence-corrected chi connectivity index (χ3v) is 4.00. The van der Waals surface area contributed by atoms with Crippen LogP contribution in [-0.4, -0.2) is 53.9 Å². The summed E-state index contributed by atoms with van der Waals surface area (Å²) in [6.07, 6.45) is 1.64. The standard InChI is InChI=1S/C17H21FN4O3/c1-21(8-9-24-15-5-3-2-4-13(15)18)17(23)12-25-16-11-20-22-7-6-19-10-14(16)22/h2-5,11,19H,6-10,12H2,1H3. The van der Waals surface area contributed by atoms with E-state index in [1.54, 1.807) is 31.4 Å². The number of hydrogen-bond acceptors (Lipinski definition) is 5. The number of carbonyl (C=O) groups is 1. The van der Waals surface area contributed by atoms with Crippen LogP contribution in [0.4, 0.5) is 4.39 Å². The number of benzene rings is 1. The molecule has 0 atom stereocenters. The summed E-state index contributed by atoms with van der Waals surface area (Å²) in [7, 11) is 1.66. The zero-order valence-electron chi connectivity index (χ0n) is 14.1. The fourth-order valence-electron chi connectivity index (χ4n) is 2.51. The minimum atomic E-state index is -0.417. The molecular formula is C17H21FN4O3. The minimum Gasteiger partial charge on any atom is -0.489 e. The Bertz CT molecular complexity index is 734. The number of nitrogens with zero attached hydrogens (tertiary/aromatic N) is 3. The largest absolute Gasteiger partial charge is 0.489 e. The van der Waals surface area contributed by atoms with Crippen molar-refractivity contribution in [1.29, 1.82) is 0 Å². The summed E-state index contributed by atoms with van der Waals surface area (Å²) in [6.45, 7) is 2.81. The number of fused-ring (bicyclic) bond motifs is 1. The molecule has 1 amide bonds. The molecular weight excluding hydrogens is 327 g/mol. The van der Waals surface area contributed by atoms with Gasteiger partial charge in [-0.2, -0.15) is 5.10 Å². The van der Waals surface area contributed by atoms with E-state index >= 15 is 0 Å². The Balaban J connectivity index is 1.43. The number of amides is 1. The van der Waals surface area contributed by atoms with Crippen molar-refractivity contribution >= 4 is 5.91 Å². The summed E-state index contributed by atoms with van der Waals surface area (Å²) in [5.41, 5.74) is 0.949. The molecule has 25 heavy (non-hydrogen) atoms. The van der Waals surface area contributed by atoms with Crippen molar-refractivity contribution in [1.82, 2.24) is 20.0 Å². The monoisotopic (exact) mass is 348 g/mol. The zero-order chi connectivity index (χ0) is 17.6. The van der Waals surface area contributed by atoms with Gasteiger partial charge in [0.15, 0.2) is 23.9 Å². The Hall–Kier alpha value is -2.61. The third kappa shape index (κ3) is 4.27. The van der Waals surface area contributed by atoms with E-state index in [2.05, 4.69) is 10.4 Å². The van der Waals surface area contributed by atoms with Gasteiger partial charge in [0.05, 0.1) is 25.0 Å². The summed E-state index contributed by atoms with van der Waals surface area (Å²) in [6, 6.07) is 6.18. The average Bonchev–Trinajstić information content (AvgIpc) is 3.04. The molecule has 0 radical (unpaired) electrons. The van der Waals surface area contributed by atoms with Crippen LogP contribution < -0.4 is 14.8 Å². The lowest BCUT2D eigenvalue weighted by molar-refractivity contribution is -0.132. The molecule has 1 N–H and O–H groups in total. The van der Waals surface area contributed by atoms with Crippen LogP contribution >= 0.6 is 0 Å². The highest BCUT2D eigenvalue weighted by Gasteiger charge is 2.17. The van der Waals surface area contributed by atoms with Crippen molar-refractivity contribution in [3.05, 3.63) is 42.0 Å². The van der Waals surface area contributed by atoms with Gasteiger partial charge in [0.2, 0.25) is 0 Å². The molecule has 8 heteroatoms. The molecule has 0 aliphatic carbocycles. The maximum Gasteiger partial charge on any atom is 0.260 e. The van der Waals surface area contributed by atoms with Gasteiger partial charge in [0, 0.05) is 20.1 Å². The number of hydrogen-bond donors (Lipinski definition) is 1. The molecule has 0 spiro atoms. The third-order valence-electron chi connectivity index (χ3n) is 4.00. The van der Waals surface area contributed by atoms with Crippen LogP contribution in [0.2, 0.25) is 0 Å². The van der Waals surface area contributed by atoms with Gasteiger partial charge >= 0.3 is 0 Å². The van der Waals surface area contributed by atoms with Crippen molar-refractivity contribution in [3.63, 3.8) is 0 Å². The Labute approximate surface area is 145 Å². The van der Waals surface area contributed by atoms with E-state index in [0.717, 1.165) is 18.8 Å². The van der Waals surface area contributed by atoms with Gasteiger partial charge in [-0.15, -0.1) is 0 Å². The highest BCUT2D eigenvalue weighted by atomic mass is 19.1. The lowest BCUT2D eigenvalue weighted by Gasteiger charge is -2.19. The van der Waals surface area contributed by atoms with Gasteiger partial charge in [0.1, 0.15) is 6.61 Å². The quantitative estimate of drug-likeness (QED) is 0.810. The zero-order valence-corrected chi connectivity index (χ0v) is 14.1. The molecule has 0 saturated carbocycles. The maximum atomic E-state index is 13.4. The van der Waals surface area contributed by atoms with Gasteiger partial charge in [-0.05, 0) is 12.1 Å². The summed E-state index contributed by atoms with van der Waals surface area (Å²) in [5.74, 6) is 0.204. The van der Waals surface area contributed by atoms with E-state index in [4.69, 9.17) is 9.47 Å². The predicted octanol–water partition coefficient (Wildman–Crippen LogP) is 1.04. The molecule has 2 aromatic rings. The molecule has 1 aromatic heterocycles. The Kier molecular flexibility index (Phi) is 5.49. The average molecular weight is 348 g/mol. The first kappa shape index (κ1) is 17.2. The van der Waals surface area contributed by atoms with E-state index in [9.17, 15) is 9.18 Å². The van der Waals surface area contributed by atoms with Crippen molar-refractivity contribution < 1.29 is 18.7 Å². The number of nitrogens with one attached hydrogen (secondary N) is 1. The smallest absolute Gasteiger partial charge is 0.260 e. The summed E-state index contributed by atoms with van der Waals surface area (Å²) < 4.78 is 26.3. The number of rotatable bonds is 7. The van der Waals surface area contributed by atoms with Gasteiger partial charge in [-0.3, -0.25) is 9.48 Å². The van der Waals surface area contributed by atoms with Gasteiger partial charge in [-0.1, -0.05) is 12.1 Å². The van der Waals surface area contributed by atoms with E-state index < -0.39 is 5.82 Å². The first-order valence-corrected chi connectivity index (χ1v) is 8.14. The highest BCUT2D eigenvalue weighted by Crippen LogP contribution is 2.19. The predicted molar refractivity (Wildman–Crippen MR) is 89.0 cm³/mol. The number of aromatic nitrogens is 2. The first-order chi connectivity index (χ1) is 12.1. The van der Waals surface area contributed by atoms with Crippen LogP contribution in [0.15, 0.2) is 30.5 Å². The first-order valence-electron chi connectivity index (χ1n) is 8.14. The second-order valence-electron chi connectivity index (χ2n) is 5.74. The Morgan fingerprint density at radius 1 is 1.36 bits per heavy atom. The molecule has 1 aliphatic heterocycles. The normalized spacial score (nSPS) is 13.2. The summed E-state index contributed by atoms with van der Waals surface area (Å²) in [5, 5.41) is 7.48. The minimum absolute atomic E-state index is 0.0745. The SMILES string of the molecule is CN(CCOc1ccccc1F)C(=O)COc1cnn2c1CNCC2.